The third-order valence-electron chi connectivity index (χ3n) is 3.05. The summed E-state index contributed by atoms with van der Waals surface area (Å²) in [6.45, 7) is 3.47. The van der Waals surface area contributed by atoms with Crippen LogP contribution in [0.1, 0.15) is 18.5 Å². The van der Waals surface area contributed by atoms with Crippen LogP contribution >= 0.6 is 11.6 Å². The summed E-state index contributed by atoms with van der Waals surface area (Å²) in [5.74, 6) is 0. The zero-order valence-corrected chi connectivity index (χ0v) is 11.6. The molecule has 2 rings (SSSR count). The van der Waals surface area contributed by atoms with E-state index in [2.05, 4.69) is 12.2 Å². The lowest BCUT2D eigenvalue weighted by Gasteiger charge is -2.15. The van der Waals surface area contributed by atoms with Crippen molar-refractivity contribution in [3.05, 3.63) is 69.6 Å². The maximum atomic E-state index is 11.5. The van der Waals surface area contributed by atoms with Crippen molar-refractivity contribution in [2.75, 3.05) is 6.54 Å². The molecule has 0 aliphatic rings. The molecule has 2 aromatic rings. The summed E-state index contributed by atoms with van der Waals surface area (Å²) in [4.78, 5) is 11.5. The highest BCUT2D eigenvalue weighted by Crippen LogP contribution is 2.16. The van der Waals surface area contributed by atoms with E-state index in [0.29, 0.717) is 6.54 Å². The van der Waals surface area contributed by atoms with Gasteiger partial charge in [0.15, 0.2) is 0 Å². The Balaban J connectivity index is 1.89. The molecule has 4 heteroatoms. The first-order chi connectivity index (χ1) is 9.16. The van der Waals surface area contributed by atoms with Crippen LogP contribution in [0.3, 0.4) is 0 Å². The summed E-state index contributed by atoms with van der Waals surface area (Å²) in [5.41, 5.74) is 1.17. The molecule has 3 nitrogen and oxygen atoms in total. The molecule has 0 saturated heterocycles. The fourth-order valence-corrected chi connectivity index (χ4v) is 2.14. The van der Waals surface area contributed by atoms with E-state index in [4.69, 9.17) is 11.6 Å². The van der Waals surface area contributed by atoms with Crippen molar-refractivity contribution in [1.29, 1.82) is 0 Å². The van der Waals surface area contributed by atoms with Gasteiger partial charge in [0, 0.05) is 36.4 Å². The number of nitrogens with one attached hydrogen (secondary N) is 1. The van der Waals surface area contributed by atoms with Gasteiger partial charge < -0.3 is 9.88 Å². The molecule has 1 N–H and O–H groups in total. The van der Waals surface area contributed by atoms with Crippen molar-refractivity contribution in [1.82, 2.24) is 9.88 Å². The van der Waals surface area contributed by atoms with Gasteiger partial charge in [0.1, 0.15) is 0 Å². The molecule has 0 aliphatic carbocycles. The van der Waals surface area contributed by atoms with Gasteiger partial charge in [-0.3, -0.25) is 4.79 Å². The molecular formula is C15H17ClN2O. The summed E-state index contributed by atoms with van der Waals surface area (Å²) in [5, 5.41) is 4.12. The summed E-state index contributed by atoms with van der Waals surface area (Å²) in [6, 6.07) is 13.2. The van der Waals surface area contributed by atoms with Gasteiger partial charge >= 0.3 is 0 Å². The predicted octanol–water partition coefficient (Wildman–Crippen LogP) is 2.85. The Labute approximate surface area is 117 Å². The van der Waals surface area contributed by atoms with E-state index in [1.165, 1.54) is 0 Å². The van der Waals surface area contributed by atoms with E-state index in [0.717, 1.165) is 17.1 Å². The van der Waals surface area contributed by atoms with Gasteiger partial charge in [0.05, 0.1) is 0 Å². The Morgan fingerprint density at radius 2 is 2.11 bits per heavy atom. The minimum absolute atomic E-state index is 0.0275. The molecule has 0 fully saturated rings. The Hall–Kier alpha value is -1.58. The molecule has 0 bridgehead atoms. The quantitative estimate of drug-likeness (QED) is 0.911. The number of nitrogens with zero attached hydrogens (tertiary/aromatic N) is 1. The molecule has 1 atom stereocenters. The van der Waals surface area contributed by atoms with Crippen molar-refractivity contribution in [3.8, 4) is 0 Å². The van der Waals surface area contributed by atoms with Gasteiger partial charge in [-0.15, -0.1) is 0 Å². The molecule has 1 heterocycles. The van der Waals surface area contributed by atoms with E-state index in [1.807, 2.05) is 30.3 Å². The largest absolute Gasteiger partial charge is 0.314 e. The highest BCUT2D eigenvalue weighted by molar-refractivity contribution is 6.30. The van der Waals surface area contributed by atoms with Gasteiger partial charge in [-0.2, -0.15) is 0 Å². The number of rotatable bonds is 5. The highest BCUT2D eigenvalue weighted by Gasteiger charge is 2.04. The first-order valence-electron chi connectivity index (χ1n) is 6.31. The Morgan fingerprint density at radius 1 is 1.26 bits per heavy atom. The number of pyridine rings is 1. The van der Waals surface area contributed by atoms with Crippen LogP contribution in [0.15, 0.2) is 53.5 Å². The number of hydrogen-bond donors (Lipinski definition) is 1. The van der Waals surface area contributed by atoms with Gasteiger partial charge in [-0.05, 0) is 30.7 Å². The van der Waals surface area contributed by atoms with Crippen LogP contribution in [0.2, 0.25) is 5.02 Å². The second kappa shape index (κ2) is 6.55. The minimum atomic E-state index is 0.0275. The molecule has 0 saturated carbocycles. The minimum Gasteiger partial charge on any atom is -0.314 e. The molecular weight excluding hydrogens is 260 g/mol. The maximum Gasteiger partial charge on any atom is 0.250 e. The third kappa shape index (κ3) is 3.94. The van der Waals surface area contributed by atoms with Crippen LogP contribution in [0.25, 0.3) is 0 Å². The van der Waals surface area contributed by atoms with E-state index in [9.17, 15) is 4.79 Å². The second-order valence-electron chi connectivity index (χ2n) is 4.46. The molecule has 19 heavy (non-hydrogen) atoms. The number of hydrogen-bond acceptors (Lipinski definition) is 2. The Morgan fingerprint density at radius 3 is 2.84 bits per heavy atom. The van der Waals surface area contributed by atoms with Crippen LogP contribution in [-0.4, -0.2) is 11.1 Å². The van der Waals surface area contributed by atoms with Crippen LogP contribution in [-0.2, 0) is 6.54 Å². The zero-order chi connectivity index (χ0) is 13.7. The molecule has 0 aliphatic heterocycles. The van der Waals surface area contributed by atoms with Gasteiger partial charge in [-0.25, -0.2) is 0 Å². The lowest BCUT2D eigenvalue weighted by molar-refractivity contribution is 0.524. The monoisotopic (exact) mass is 276 g/mol. The summed E-state index contributed by atoms with van der Waals surface area (Å²) in [7, 11) is 0. The maximum absolute atomic E-state index is 11.5. The smallest absolute Gasteiger partial charge is 0.250 e. The van der Waals surface area contributed by atoms with Crippen LogP contribution < -0.4 is 10.9 Å². The second-order valence-corrected chi connectivity index (χ2v) is 4.90. The predicted molar refractivity (Wildman–Crippen MR) is 78.6 cm³/mol. The first-order valence-corrected chi connectivity index (χ1v) is 6.69. The van der Waals surface area contributed by atoms with Gasteiger partial charge in [0.2, 0.25) is 0 Å². The standard InChI is InChI=1S/C15H17ClN2O/c1-12(13-5-4-6-14(16)11-13)17-8-10-18-9-3-2-7-15(18)19/h2-7,9,11-12,17H,8,10H2,1H3. The van der Waals surface area contributed by atoms with Crippen LogP contribution in [0.5, 0.6) is 0 Å². The molecule has 1 aromatic heterocycles. The van der Waals surface area contributed by atoms with E-state index in [1.54, 1.807) is 22.9 Å². The molecule has 100 valence electrons. The SMILES string of the molecule is CC(NCCn1ccccc1=O)c1cccc(Cl)c1. The number of benzene rings is 1. The van der Waals surface area contributed by atoms with Crippen molar-refractivity contribution in [2.45, 2.75) is 19.5 Å². The lowest BCUT2D eigenvalue weighted by Crippen LogP contribution is -2.27. The molecule has 1 aromatic carbocycles. The van der Waals surface area contributed by atoms with E-state index < -0.39 is 0 Å². The lowest BCUT2D eigenvalue weighted by atomic mass is 10.1. The molecule has 0 amide bonds. The van der Waals surface area contributed by atoms with Crippen molar-refractivity contribution in [3.63, 3.8) is 0 Å². The van der Waals surface area contributed by atoms with E-state index >= 15 is 0 Å². The summed E-state index contributed by atoms with van der Waals surface area (Å²) < 4.78 is 1.69. The fourth-order valence-electron chi connectivity index (χ4n) is 1.94. The molecule has 1 unspecified atom stereocenters. The Bertz CT molecular complexity index is 594. The molecule has 0 spiro atoms. The number of halogens is 1. The van der Waals surface area contributed by atoms with Crippen molar-refractivity contribution in [2.24, 2.45) is 0 Å². The van der Waals surface area contributed by atoms with Crippen molar-refractivity contribution >= 4 is 11.6 Å². The Kier molecular flexibility index (Phi) is 4.77. The third-order valence-corrected chi connectivity index (χ3v) is 3.29. The van der Waals surface area contributed by atoms with Crippen LogP contribution in [0, 0.1) is 0 Å². The normalized spacial score (nSPS) is 12.3. The highest BCUT2D eigenvalue weighted by atomic mass is 35.5. The number of aromatic nitrogens is 1. The summed E-state index contributed by atoms with van der Waals surface area (Å²) in [6.07, 6.45) is 1.80. The average molecular weight is 277 g/mol. The van der Waals surface area contributed by atoms with Gasteiger partial charge in [0.25, 0.3) is 5.56 Å². The fraction of sp³-hybridized carbons (Fsp3) is 0.267. The molecule has 0 radical (unpaired) electrons. The average Bonchev–Trinajstić information content (AvgIpc) is 2.41. The zero-order valence-electron chi connectivity index (χ0n) is 10.8. The first kappa shape index (κ1) is 13.8. The van der Waals surface area contributed by atoms with Crippen LogP contribution in [0.4, 0.5) is 0 Å². The van der Waals surface area contributed by atoms with Gasteiger partial charge in [-0.1, -0.05) is 29.8 Å². The van der Waals surface area contributed by atoms with E-state index in [-0.39, 0.29) is 11.6 Å². The topological polar surface area (TPSA) is 34.0 Å². The summed E-state index contributed by atoms with van der Waals surface area (Å²) >= 11 is 5.97. The van der Waals surface area contributed by atoms with Crippen molar-refractivity contribution < 1.29 is 0 Å².